The molecule has 0 aromatic heterocycles. The van der Waals surface area contributed by atoms with E-state index < -0.39 is 0 Å². The third-order valence-electron chi connectivity index (χ3n) is 3.93. The average Bonchev–Trinajstić information content (AvgIpc) is 2.66. The number of nitrogens with zero attached hydrogens (tertiary/aromatic N) is 1. The standard InChI is InChI=1S/C21H24Cl3N3O4/c1-4-30-17-7-6-14(10-18(17)31-5-2)25-19(28)11-27(3)12-20(29)26-21-15(23)8-13(22)9-16(21)24/h6-10H,4-5,11-12H2,1-3H3,(H,25,28)(H,26,29). The SMILES string of the molecule is CCOc1ccc(NC(=O)CN(C)CC(=O)Nc2c(Cl)cc(Cl)cc2Cl)cc1OCC. The zero-order valence-corrected chi connectivity index (χ0v) is 19.7. The second kappa shape index (κ2) is 12.0. The molecule has 0 heterocycles. The van der Waals surface area contributed by atoms with Crippen molar-refractivity contribution < 1.29 is 19.1 Å². The minimum atomic E-state index is -0.374. The zero-order valence-electron chi connectivity index (χ0n) is 17.4. The molecule has 0 bridgehead atoms. The van der Waals surface area contributed by atoms with Crippen molar-refractivity contribution >= 4 is 58.0 Å². The highest BCUT2D eigenvalue weighted by molar-refractivity contribution is 6.42. The van der Waals surface area contributed by atoms with Crippen LogP contribution in [0, 0.1) is 0 Å². The van der Waals surface area contributed by atoms with E-state index in [1.54, 1.807) is 30.1 Å². The van der Waals surface area contributed by atoms with E-state index in [1.165, 1.54) is 12.1 Å². The number of amides is 2. The molecule has 2 N–H and O–H groups in total. The topological polar surface area (TPSA) is 79.9 Å². The molecule has 2 rings (SSSR count). The number of rotatable bonds is 10. The molecule has 31 heavy (non-hydrogen) atoms. The summed E-state index contributed by atoms with van der Waals surface area (Å²) in [6.45, 7) is 4.67. The summed E-state index contributed by atoms with van der Waals surface area (Å²) in [4.78, 5) is 26.2. The fourth-order valence-corrected chi connectivity index (χ4v) is 3.63. The third kappa shape index (κ3) is 7.78. The van der Waals surface area contributed by atoms with Crippen LogP contribution in [0.5, 0.6) is 11.5 Å². The average molecular weight is 489 g/mol. The van der Waals surface area contributed by atoms with E-state index in [9.17, 15) is 9.59 Å². The summed E-state index contributed by atoms with van der Waals surface area (Å²) < 4.78 is 11.1. The summed E-state index contributed by atoms with van der Waals surface area (Å²) in [7, 11) is 1.65. The first kappa shape index (κ1) is 25.1. The lowest BCUT2D eigenvalue weighted by Gasteiger charge is -2.17. The summed E-state index contributed by atoms with van der Waals surface area (Å²) in [6, 6.07) is 8.12. The highest BCUT2D eigenvalue weighted by Gasteiger charge is 2.15. The molecule has 2 aromatic rings. The number of ether oxygens (including phenoxy) is 2. The van der Waals surface area contributed by atoms with Crippen LogP contribution in [0.2, 0.25) is 15.1 Å². The maximum Gasteiger partial charge on any atom is 0.238 e. The Balaban J connectivity index is 1.92. The molecule has 0 saturated carbocycles. The lowest BCUT2D eigenvalue weighted by molar-refractivity contribution is -0.119. The number of benzene rings is 2. The minimum absolute atomic E-state index is 0.00726. The molecule has 0 radical (unpaired) electrons. The molecule has 0 saturated heterocycles. The van der Waals surface area contributed by atoms with Crippen molar-refractivity contribution in [3.05, 3.63) is 45.4 Å². The molecule has 0 unspecified atom stereocenters. The molecule has 0 fully saturated rings. The zero-order chi connectivity index (χ0) is 23.0. The van der Waals surface area contributed by atoms with Gasteiger partial charge in [0, 0.05) is 16.8 Å². The van der Waals surface area contributed by atoms with Gasteiger partial charge in [-0.15, -0.1) is 0 Å². The van der Waals surface area contributed by atoms with Crippen molar-refractivity contribution in [2.24, 2.45) is 0 Å². The summed E-state index contributed by atoms with van der Waals surface area (Å²) in [5.74, 6) is 0.493. The van der Waals surface area contributed by atoms with Crippen molar-refractivity contribution in [2.45, 2.75) is 13.8 Å². The predicted molar refractivity (Wildman–Crippen MR) is 125 cm³/mol. The third-order valence-corrected chi connectivity index (χ3v) is 4.74. The quantitative estimate of drug-likeness (QED) is 0.494. The second-order valence-corrected chi connectivity index (χ2v) is 7.79. The fourth-order valence-electron chi connectivity index (χ4n) is 2.72. The van der Waals surface area contributed by atoms with Crippen LogP contribution in [0.4, 0.5) is 11.4 Å². The predicted octanol–water partition coefficient (Wildman–Crippen LogP) is 4.95. The highest BCUT2D eigenvalue weighted by Crippen LogP contribution is 2.33. The van der Waals surface area contributed by atoms with Crippen LogP contribution < -0.4 is 20.1 Å². The Kier molecular flexibility index (Phi) is 9.71. The Morgan fingerprint density at radius 1 is 0.871 bits per heavy atom. The molecular formula is C21H24Cl3N3O4. The summed E-state index contributed by atoms with van der Waals surface area (Å²) in [6.07, 6.45) is 0. The van der Waals surface area contributed by atoms with Gasteiger partial charge in [0.1, 0.15) is 0 Å². The summed E-state index contributed by atoms with van der Waals surface area (Å²) in [5, 5.41) is 6.24. The number of halogens is 3. The lowest BCUT2D eigenvalue weighted by atomic mass is 10.2. The van der Waals surface area contributed by atoms with E-state index >= 15 is 0 Å². The number of hydrogen-bond donors (Lipinski definition) is 2. The molecule has 0 atom stereocenters. The fraction of sp³-hybridized carbons (Fsp3) is 0.333. The molecule has 0 aliphatic rings. The van der Waals surface area contributed by atoms with E-state index in [0.29, 0.717) is 35.4 Å². The van der Waals surface area contributed by atoms with Crippen molar-refractivity contribution in [1.29, 1.82) is 0 Å². The van der Waals surface area contributed by atoms with Crippen molar-refractivity contribution in [3.63, 3.8) is 0 Å². The number of carbonyl (C=O) groups is 2. The summed E-state index contributed by atoms with van der Waals surface area (Å²) in [5.41, 5.74) is 0.836. The molecule has 0 spiro atoms. The monoisotopic (exact) mass is 487 g/mol. The maximum absolute atomic E-state index is 12.4. The molecule has 7 nitrogen and oxygen atoms in total. The van der Waals surface area contributed by atoms with E-state index in [0.717, 1.165) is 0 Å². The molecular weight excluding hydrogens is 465 g/mol. The summed E-state index contributed by atoms with van der Waals surface area (Å²) >= 11 is 18.0. The van der Waals surface area contributed by atoms with Crippen molar-refractivity contribution in [1.82, 2.24) is 4.90 Å². The van der Waals surface area contributed by atoms with Crippen LogP contribution in [-0.4, -0.2) is 50.1 Å². The molecule has 2 amide bonds. The Labute approximate surface area is 196 Å². The molecule has 0 aliphatic heterocycles. The van der Waals surface area contributed by atoms with Gasteiger partial charge < -0.3 is 20.1 Å². The van der Waals surface area contributed by atoms with Gasteiger partial charge in [0.05, 0.1) is 42.0 Å². The Morgan fingerprint density at radius 3 is 2.00 bits per heavy atom. The Bertz CT molecular complexity index is 917. The van der Waals surface area contributed by atoms with Gasteiger partial charge in [0.15, 0.2) is 11.5 Å². The van der Waals surface area contributed by atoms with Gasteiger partial charge in [-0.25, -0.2) is 0 Å². The first-order chi connectivity index (χ1) is 14.7. The minimum Gasteiger partial charge on any atom is -0.490 e. The molecule has 2 aromatic carbocycles. The van der Waals surface area contributed by atoms with Gasteiger partial charge in [0.25, 0.3) is 0 Å². The van der Waals surface area contributed by atoms with Gasteiger partial charge in [-0.3, -0.25) is 14.5 Å². The van der Waals surface area contributed by atoms with Gasteiger partial charge in [-0.1, -0.05) is 34.8 Å². The van der Waals surface area contributed by atoms with Gasteiger partial charge >= 0.3 is 0 Å². The molecule has 10 heteroatoms. The normalized spacial score (nSPS) is 10.7. The molecule has 0 aliphatic carbocycles. The molecule has 168 valence electrons. The lowest BCUT2D eigenvalue weighted by Crippen LogP contribution is -2.36. The largest absolute Gasteiger partial charge is 0.490 e. The number of carbonyl (C=O) groups excluding carboxylic acids is 2. The first-order valence-corrected chi connectivity index (χ1v) is 10.7. The maximum atomic E-state index is 12.4. The van der Waals surface area contributed by atoms with Crippen LogP contribution >= 0.6 is 34.8 Å². The number of hydrogen-bond acceptors (Lipinski definition) is 5. The Hall–Kier alpha value is -2.19. The van der Waals surface area contributed by atoms with Gasteiger partial charge in [-0.05, 0) is 45.2 Å². The van der Waals surface area contributed by atoms with E-state index in [4.69, 9.17) is 44.3 Å². The van der Waals surface area contributed by atoms with Crippen molar-refractivity contribution in [2.75, 3.05) is 44.0 Å². The highest BCUT2D eigenvalue weighted by atomic mass is 35.5. The van der Waals surface area contributed by atoms with Gasteiger partial charge in [0.2, 0.25) is 11.8 Å². The van der Waals surface area contributed by atoms with E-state index in [1.807, 2.05) is 13.8 Å². The Morgan fingerprint density at radius 2 is 1.42 bits per heavy atom. The first-order valence-electron chi connectivity index (χ1n) is 9.55. The second-order valence-electron chi connectivity index (χ2n) is 6.54. The van der Waals surface area contributed by atoms with Crippen LogP contribution in [0.1, 0.15) is 13.8 Å². The van der Waals surface area contributed by atoms with Gasteiger partial charge in [-0.2, -0.15) is 0 Å². The smallest absolute Gasteiger partial charge is 0.238 e. The van der Waals surface area contributed by atoms with E-state index in [-0.39, 0.29) is 40.6 Å². The van der Waals surface area contributed by atoms with Crippen LogP contribution in [0.15, 0.2) is 30.3 Å². The van der Waals surface area contributed by atoms with Crippen LogP contribution in [0.25, 0.3) is 0 Å². The number of nitrogens with one attached hydrogen (secondary N) is 2. The number of likely N-dealkylation sites (N-methyl/N-ethyl adjacent to an activating group) is 1. The number of anilines is 2. The van der Waals surface area contributed by atoms with E-state index in [2.05, 4.69) is 10.6 Å². The van der Waals surface area contributed by atoms with Crippen LogP contribution in [0.3, 0.4) is 0 Å². The van der Waals surface area contributed by atoms with Crippen LogP contribution in [-0.2, 0) is 9.59 Å². The van der Waals surface area contributed by atoms with Crippen molar-refractivity contribution in [3.8, 4) is 11.5 Å².